The third kappa shape index (κ3) is 5.89. The smallest absolute Gasteiger partial charge is 0.191 e. The Balaban J connectivity index is 1.53. The summed E-state index contributed by atoms with van der Waals surface area (Å²) in [5, 5.41) is 9.23. The van der Waals surface area contributed by atoms with Crippen LogP contribution in [-0.2, 0) is 4.74 Å². The van der Waals surface area contributed by atoms with Crippen molar-refractivity contribution in [3.63, 3.8) is 0 Å². The average molecular weight is 395 g/mol. The molecule has 0 spiro atoms. The molecule has 2 N–H and O–H groups in total. The molecular weight excluding hydrogens is 360 g/mol. The first-order chi connectivity index (χ1) is 13.2. The van der Waals surface area contributed by atoms with Crippen LogP contribution in [0.4, 0.5) is 0 Å². The van der Waals surface area contributed by atoms with E-state index in [4.69, 9.17) is 4.74 Å². The van der Waals surface area contributed by atoms with Crippen molar-refractivity contribution in [2.24, 2.45) is 4.99 Å². The van der Waals surface area contributed by atoms with E-state index in [1.165, 1.54) is 4.88 Å². The van der Waals surface area contributed by atoms with E-state index in [9.17, 15) is 0 Å². The highest BCUT2D eigenvalue weighted by Crippen LogP contribution is 2.25. The van der Waals surface area contributed by atoms with E-state index in [1.807, 2.05) is 18.4 Å². The second-order valence-electron chi connectivity index (χ2n) is 7.41. The van der Waals surface area contributed by atoms with Crippen LogP contribution in [0.5, 0.6) is 0 Å². The van der Waals surface area contributed by atoms with Crippen LogP contribution < -0.4 is 10.6 Å². The topological polar surface area (TPSA) is 55.4 Å². The number of nitrogens with one attached hydrogen (secondary N) is 2. The van der Waals surface area contributed by atoms with Gasteiger partial charge in [0.25, 0.3) is 0 Å². The summed E-state index contributed by atoms with van der Waals surface area (Å²) in [6, 6.07) is 5.23. The summed E-state index contributed by atoms with van der Waals surface area (Å²) in [4.78, 5) is 13.2. The van der Waals surface area contributed by atoms with E-state index in [-0.39, 0.29) is 0 Å². The maximum absolute atomic E-state index is 5.54. The highest BCUT2D eigenvalue weighted by Gasteiger charge is 2.25. The van der Waals surface area contributed by atoms with Gasteiger partial charge in [-0.25, -0.2) is 0 Å². The lowest BCUT2D eigenvalue weighted by atomic mass is 10.2. The lowest BCUT2D eigenvalue weighted by molar-refractivity contribution is 0.0177. The molecular formula is C19H34N6OS. The molecule has 1 aromatic rings. The molecule has 1 aromatic heterocycles. The van der Waals surface area contributed by atoms with Crippen molar-refractivity contribution in [2.45, 2.75) is 12.1 Å². The van der Waals surface area contributed by atoms with Crippen molar-refractivity contribution >= 4 is 17.3 Å². The van der Waals surface area contributed by atoms with Gasteiger partial charge in [0.2, 0.25) is 0 Å². The molecule has 152 valence electrons. The molecule has 8 heteroatoms. The third-order valence-corrected chi connectivity index (χ3v) is 6.50. The Morgan fingerprint density at radius 3 is 2.78 bits per heavy atom. The summed E-state index contributed by atoms with van der Waals surface area (Å²) >= 11 is 1.83. The van der Waals surface area contributed by atoms with Gasteiger partial charge in [-0.1, -0.05) is 6.07 Å². The zero-order chi connectivity index (χ0) is 19.1. The van der Waals surface area contributed by atoms with E-state index < -0.39 is 0 Å². The molecule has 27 heavy (non-hydrogen) atoms. The predicted octanol–water partition coefficient (Wildman–Crippen LogP) is 0.532. The normalized spacial score (nSPS) is 24.7. The summed E-state index contributed by atoms with van der Waals surface area (Å²) in [7, 11) is 6.25. The van der Waals surface area contributed by atoms with Crippen molar-refractivity contribution in [1.29, 1.82) is 0 Å². The largest absolute Gasteiger partial charge is 0.379 e. The predicted molar refractivity (Wildman–Crippen MR) is 113 cm³/mol. The van der Waals surface area contributed by atoms with E-state index >= 15 is 0 Å². The second-order valence-corrected chi connectivity index (χ2v) is 8.39. The standard InChI is InChI=1S/C19H34N6OS/c1-20-19(21-13-16-15-23(2)6-7-24(16)3)22-14-17(18-5-4-12-27-18)25-8-10-26-11-9-25/h4-5,12,16-17H,6-11,13-15H2,1-3H3,(H2,20,21,22). The number of hydrogen-bond donors (Lipinski definition) is 2. The van der Waals surface area contributed by atoms with E-state index in [2.05, 4.69) is 61.9 Å². The molecule has 2 aliphatic rings. The average Bonchev–Trinajstić information content (AvgIpc) is 3.22. The number of morpholine rings is 1. The summed E-state index contributed by atoms with van der Waals surface area (Å²) in [6.45, 7) is 8.69. The number of rotatable bonds is 6. The Bertz CT molecular complexity index is 575. The minimum Gasteiger partial charge on any atom is -0.379 e. The zero-order valence-electron chi connectivity index (χ0n) is 16.9. The van der Waals surface area contributed by atoms with Gasteiger partial charge in [-0.15, -0.1) is 11.3 Å². The van der Waals surface area contributed by atoms with Crippen LogP contribution in [0.2, 0.25) is 0 Å². The Morgan fingerprint density at radius 1 is 1.26 bits per heavy atom. The molecule has 2 fully saturated rings. The number of ether oxygens (including phenoxy) is 1. The second kappa shape index (κ2) is 10.4. The fourth-order valence-electron chi connectivity index (χ4n) is 3.73. The number of hydrogen-bond acceptors (Lipinski definition) is 6. The monoisotopic (exact) mass is 394 g/mol. The van der Waals surface area contributed by atoms with E-state index in [0.717, 1.165) is 65.0 Å². The van der Waals surface area contributed by atoms with Gasteiger partial charge in [-0.05, 0) is 25.5 Å². The quantitative estimate of drug-likeness (QED) is 0.542. The van der Waals surface area contributed by atoms with Crippen LogP contribution in [-0.4, -0.2) is 107 Å². The Morgan fingerprint density at radius 2 is 2.07 bits per heavy atom. The lowest BCUT2D eigenvalue weighted by Gasteiger charge is -2.38. The summed E-state index contributed by atoms with van der Waals surface area (Å²) in [5.74, 6) is 0.881. The Hall–Kier alpha value is -1.19. The van der Waals surface area contributed by atoms with Crippen LogP contribution in [0, 0.1) is 0 Å². The summed E-state index contributed by atoms with van der Waals surface area (Å²) in [5.41, 5.74) is 0. The summed E-state index contributed by atoms with van der Waals surface area (Å²) in [6.07, 6.45) is 0. The van der Waals surface area contributed by atoms with Crippen LogP contribution in [0.15, 0.2) is 22.5 Å². The fraction of sp³-hybridized carbons (Fsp3) is 0.737. The Labute approximate surface area is 167 Å². The molecule has 7 nitrogen and oxygen atoms in total. The van der Waals surface area contributed by atoms with Crippen molar-refractivity contribution in [3.8, 4) is 0 Å². The highest BCUT2D eigenvalue weighted by molar-refractivity contribution is 7.10. The molecule has 2 aliphatic heterocycles. The first kappa shape index (κ1) is 20.5. The number of likely N-dealkylation sites (N-methyl/N-ethyl adjacent to an activating group) is 2. The van der Waals surface area contributed by atoms with Gasteiger partial charge < -0.3 is 20.3 Å². The molecule has 0 aromatic carbocycles. The molecule has 3 heterocycles. The van der Waals surface area contributed by atoms with Crippen molar-refractivity contribution < 1.29 is 4.74 Å². The van der Waals surface area contributed by atoms with Crippen LogP contribution >= 0.6 is 11.3 Å². The van der Waals surface area contributed by atoms with Crippen molar-refractivity contribution in [2.75, 3.05) is 80.2 Å². The Kier molecular flexibility index (Phi) is 7.90. The van der Waals surface area contributed by atoms with Gasteiger partial charge in [0.05, 0.1) is 19.3 Å². The van der Waals surface area contributed by atoms with Crippen molar-refractivity contribution in [3.05, 3.63) is 22.4 Å². The zero-order valence-corrected chi connectivity index (χ0v) is 17.7. The van der Waals surface area contributed by atoms with Gasteiger partial charge in [-0.3, -0.25) is 14.8 Å². The van der Waals surface area contributed by atoms with Gasteiger partial charge in [0.1, 0.15) is 0 Å². The van der Waals surface area contributed by atoms with Gasteiger partial charge >= 0.3 is 0 Å². The lowest BCUT2D eigenvalue weighted by Crippen LogP contribution is -2.55. The first-order valence-corrected chi connectivity index (χ1v) is 10.7. The molecule has 2 unspecified atom stereocenters. The molecule has 0 bridgehead atoms. The highest BCUT2D eigenvalue weighted by atomic mass is 32.1. The van der Waals surface area contributed by atoms with Gasteiger partial charge in [-0.2, -0.15) is 0 Å². The molecule has 0 radical (unpaired) electrons. The first-order valence-electron chi connectivity index (χ1n) is 9.86. The SMILES string of the molecule is CN=C(NCC1CN(C)CCN1C)NCC(c1cccs1)N1CCOCC1. The fourth-order valence-corrected chi connectivity index (χ4v) is 4.59. The van der Waals surface area contributed by atoms with E-state index in [1.54, 1.807) is 0 Å². The molecule has 2 atom stereocenters. The van der Waals surface area contributed by atoms with Crippen LogP contribution in [0.25, 0.3) is 0 Å². The number of nitrogens with zero attached hydrogens (tertiary/aromatic N) is 4. The maximum atomic E-state index is 5.54. The minimum absolute atomic E-state index is 0.357. The number of aliphatic imine (C=N–C) groups is 1. The number of guanidine groups is 1. The van der Waals surface area contributed by atoms with E-state index in [0.29, 0.717) is 12.1 Å². The third-order valence-electron chi connectivity index (χ3n) is 5.53. The molecule has 0 saturated carbocycles. The number of piperazine rings is 1. The minimum atomic E-state index is 0.357. The molecule has 2 saturated heterocycles. The molecule has 3 rings (SSSR count). The summed E-state index contributed by atoms with van der Waals surface area (Å²) < 4.78 is 5.54. The van der Waals surface area contributed by atoms with Gasteiger partial charge in [0, 0.05) is 63.8 Å². The van der Waals surface area contributed by atoms with Crippen molar-refractivity contribution in [1.82, 2.24) is 25.3 Å². The van der Waals surface area contributed by atoms with Gasteiger partial charge in [0.15, 0.2) is 5.96 Å². The maximum Gasteiger partial charge on any atom is 0.191 e. The number of thiophene rings is 1. The van der Waals surface area contributed by atoms with Crippen LogP contribution in [0.3, 0.4) is 0 Å². The molecule has 0 amide bonds. The molecule has 0 aliphatic carbocycles. The van der Waals surface area contributed by atoms with Crippen LogP contribution in [0.1, 0.15) is 10.9 Å².